The molecule has 4 aromatic carbocycles. The zero-order chi connectivity index (χ0) is 32.7. The first-order valence-electron chi connectivity index (χ1n) is 14.6. The van der Waals surface area contributed by atoms with Crippen molar-refractivity contribution in [2.45, 2.75) is 24.8 Å². The summed E-state index contributed by atoms with van der Waals surface area (Å²) in [6.45, 7) is 2.36. The second-order valence-corrected chi connectivity index (χ2v) is 13.0. The molecule has 0 atom stereocenters. The topological polar surface area (TPSA) is 148 Å². The molecule has 3 amide bonds. The van der Waals surface area contributed by atoms with Gasteiger partial charge in [-0.3, -0.25) is 14.4 Å². The van der Waals surface area contributed by atoms with Gasteiger partial charge in [-0.05, 0) is 54.1 Å². The number of hydrogen-bond acceptors (Lipinski definition) is 7. The van der Waals surface area contributed by atoms with E-state index in [0.717, 1.165) is 11.1 Å². The van der Waals surface area contributed by atoms with Crippen LogP contribution in [0.4, 0.5) is 5.69 Å². The number of rotatable bonds is 7. The molecule has 1 aromatic heterocycles. The number of aryl methyl sites for hydroxylation is 1. The molecule has 5 aromatic rings. The summed E-state index contributed by atoms with van der Waals surface area (Å²) < 4.78 is 31.2. The van der Waals surface area contributed by atoms with Gasteiger partial charge in [-0.2, -0.15) is 5.10 Å². The number of carbonyl (C=O) groups excluding carboxylic acids is 3. The normalized spacial score (nSPS) is 12.9. The number of nitrogens with two attached hydrogens (primary N) is 1. The van der Waals surface area contributed by atoms with Gasteiger partial charge in [0, 0.05) is 38.3 Å². The van der Waals surface area contributed by atoms with Crippen LogP contribution in [0.25, 0.3) is 16.5 Å². The van der Waals surface area contributed by atoms with E-state index < -0.39 is 27.7 Å². The average molecular weight is 637 g/mol. The molecular weight excluding hydrogens is 604 g/mol. The average Bonchev–Trinajstić information content (AvgIpc) is 3.44. The van der Waals surface area contributed by atoms with Gasteiger partial charge in [0.25, 0.3) is 27.7 Å². The maximum atomic E-state index is 14.6. The number of aromatic nitrogens is 2. The van der Waals surface area contributed by atoms with Crippen molar-refractivity contribution in [3.63, 3.8) is 0 Å². The molecule has 0 unspecified atom stereocenters. The Bertz CT molecular complexity index is 2150. The highest BCUT2D eigenvalue weighted by molar-refractivity contribution is 7.90. The van der Waals surface area contributed by atoms with E-state index in [-0.39, 0.29) is 27.4 Å². The molecule has 2 heterocycles. The molecule has 0 bridgehead atoms. The molecule has 0 spiro atoms. The molecular formula is C34H32N6O5S. The third kappa shape index (κ3) is 5.47. The summed E-state index contributed by atoms with van der Waals surface area (Å²) in [5.74, 6) is -2.23. The zero-order valence-electron chi connectivity index (χ0n) is 25.5. The highest BCUT2D eigenvalue weighted by Crippen LogP contribution is 2.33. The lowest BCUT2D eigenvalue weighted by Gasteiger charge is -2.31. The number of benzene rings is 4. The third-order valence-corrected chi connectivity index (χ3v) is 9.53. The number of sulfonamides is 1. The molecule has 0 aliphatic carbocycles. The van der Waals surface area contributed by atoms with Gasteiger partial charge in [0.1, 0.15) is 0 Å². The second-order valence-electron chi connectivity index (χ2n) is 11.4. The van der Waals surface area contributed by atoms with Crippen LogP contribution in [0.3, 0.4) is 0 Å². The van der Waals surface area contributed by atoms with Crippen LogP contribution in [0.1, 0.15) is 48.0 Å². The maximum absolute atomic E-state index is 14.6. The standard InChI is InChI=1S/C34H32N6O5S/c1-21-19-26(32(35)41)36-40(21)28-16-15-27(38(2)3)30(31(28)34(43)39-18-17-22-9-4-5-11-24(22)20-39)33(42)37-46(44,45)29-14-8-12-23-10-6-7-13-25(23)29/h4-16,19H,17-18,20H2,1-3H3,(H2,35,41)(H,37,42). The Balaban J connectivity index is 1.53. The molecule has 234 valence electrons. The third-order valence-electron chi connectivity index (χ3n) is 8.14. The summed E-state index contributed by atoms with van der Waals surface area (Å²) in [7, 11) is -1.01. The molecule has 6 rings (SSSR count). The van der Waals surface area contributed by atoms with Crippen molar-refractivity contribution < 1.29 is 22.8 Å². The fourth-order valence-corrected chi connectivity index (χ4v) is 7.09. The van der Waals surface area contributed by atoms with Crippen molar-refractivity contribution in [3.05, 3.63) is 119 Å². The Labute approximate surface area is 266 Å². The van der Waals surface area contributed by atoms with Crippen molar-refractivity contribution in [3.8, 4) is 5.69 Å². The van der Waals surface area contributed by atoms with Gasteiger partial charge in [-0.15, -0.1) is 0 Å². The van der Waals surface area contributed by atoms with Crippen LogP contribution in [-0.2, 0) is 23.0 Å². The Hall–Kier alpha value is -5.49. The van der Waals surface area contributed by atoms with Gasteiger partial charge in [-0.1, -0.05) is 60.7 Å². The quantitative estimate of drug-likeness (QED) is 0.276. The number of primary amides is 1. The molecule has 3 N–H and O–H groups in total. The van der Waals surface area contributed by atoms with Gasteiger partial charge in [0.15, 0.2) is 5.69 Å². The fourth-order valence-electron chi connectivity index (χ4n) is 5.90. The Morgan fingerprint density at radius 3 is 2.30 bits per heavy atom. The van der Waals surface area contributed by atoms with E-state index in [2.05, 4.69) is 9.82 Å². The smallest absolute Gasteiger partial charge is 0.269 e. The SMILES string of the molecule is Cc1cc(C(N)=O)nn1-c1ccc(N(C)C)c(C(=O)NS(=O)(=O)c2cccc3ccccc23)c1C(=O)N1CCc2ccccc2C1. The van der Waals surface area contributed by atoms with Crippen LogP contribution in [0.5, 0.6) is 0 Å². The lowest BCUT2D eigenvalue weighted by Crippen LogP contribution is -2.39. The number of fused-ring (bicyclic) bond motifs is 2. The molecule has 0 saturated carbocycles. The van der Waals surface area contributed by atoms with Crippen molar-refractivity contribution >= 4 is 44.2 Å². The van der Waals surface area contributed by atoms with Gasteiger partial charge < -0.3 is 15.5 Å². The molecule has 0 saturated heterocycles. The minimum absolute atomic E-state index is 0.0241. The van der Waals surface area contributed by atoms with Crippen LogP contribution < -0.4 is 15.4 Å². The van der Waals surface area contributed by atoms with Crippen molar-refractivity contribution in [1.82, 2.24) is 19.4 Å². The number of carbonyl (C=O) groups is 3. The Kier molecular flexibility index (Phi) is 7.82. The number of anilines is 1. The van der Waals surface area contributed by atoms with Crippen molar-refractivity contribution in [2.24, 2.45) is 5.73 Å². The van der Waals surface area contributed by atoms with Gasteiger partial charge >= 0.3 is 0 Å². The van der Waals surface area contributed by atoms with Crippen molar-refractivity contribution in [2.75, 3.05) is 25.5 Å². The van der Waals surface area contributed by atoms with Crippen LogP contribution in [0.2, 0.25) is 0 Å². The van der Waals surface area contributed by atoms with Crippen LogP contribution >= 0.6 is 0 Å². The number of nitrogens with zero attached hydrogens (tertiary/aromatic N) is 4. The van der Waals surface area contributed by atoms with Crippen molar-refractivity contribution in [1.29, 1.82) is 0 Å². The highest BCUT2D eigenvalue weighted by atomic mass is 32.2. The van der Waals surface area contributed by atoms with Gasteiger partial charge in [-0.25, -0.2) is 17.8 Å². The van der Waals surface area contributed by atoms with E-state index in [1.54, 1.807) is 79.3 Å². The van der Waals surface area contributed by atoms with Crippen LogP contribution in [-0.4, -0.2) is 61.5 Å². The van der Waals surface area contributed by atoms with Gasteiger partial charge in [0.05, 0.1) is 27.4 Å². The summed E-state index contributed by atoms with van der Waals surface area (Å²) in [6, 6.07) is 24.3. The molecule has 11 nitrogen and oxygen atoms in total. The summed E-state index contributed by atoms with van der Waals surface area (Å²) in [4.78, 5) is 44.1. The largest absolute Gasteiger partial charge is 0.377 e. The molecule has 1 aliphatic rings. The lowest BCUT2D eigenvalue weighted by molar-refractivity contribution is 0.0729. The van der Waals surface area contributed by atoms with E-state index in [1.807, 2.05) is 24.3 Å². The maximum Gasteiger partial charge on any atom is 0.269 e. The van der Waals surface area contributed by atoms with Crippen LogP contribution in [0, 0.1) is 6.92 Å². The van der Waals surface area contributed by atoms with E-state index >= 15 is 0 Å². The minimum Gasteiger partial charge on any atom is -0.377 e. The molecule has 1 aliphatic heterocycles. The first-order valence-corrected chi connectivity index (χ1v) is 16.1. The molecule has 0 fully saturated rings. The fraction of sp³-hybridized carbons (Fsp3) is 0.176. The minimum atomic E-state index is -4.40. The van der Waals surface area contributed by atoms with E-state index in [0.29, 0.717) is 41.7 Å². The van der Waals surface area contributed by atoms with Gasteiger partial charge in [0.2, 0.25) is 0 Å². The first kappa shape index (κ1) is 30.5. The molecule has 12 heteroatoms. The predicted molar refractivity (Wildman–Crippen MR) is 175 cm³/mol. The Morgan fingerprint density at radius 1 is 0.891 bits per heavy atom. The predicted octanol–water partition coefficient (Wildman–Crippen LogP) is 3.82. The second kappa shape index (κ2) is 11.8. The summed E-state index contributed by atoms with van der Waals surface area (Å²) in [5, 5.41) is 5.48. The number of amides is 3. The lowest BCUT2D eigenvalue weighted by atomic mass is 9.96. The van der Waals surface area contributed by atoms with E-state index in [4.69, 9.17) is 5.73 Å². The number of hydrogen-bond donors (Lipinski definition) is 2. The first-order chi connectivity index (χ1) is 22.0. The number of nitrogens with one attached hydrogen (secondary N) is 1. The summed E-state index contributed by atoms with van der Waals surface area (Å²) in [6.07, 6.45) is 0.605. The van der Waals surface area contributed by atoms with Crippen LogP contribution in [0.15, 0.2) is 89.8 Å². The molecule has 0 radical (unpaired) electrons. The highest BCUT2D eigenvalue weighted by Gasteiger charge is 2.34. The van der Waals surface area contributed by atoms with E-state index in [9.17, 15) is 22.8 Å². The molecule has 46 heavy (non-hydrogen) atoms. The van der Waals surface area contributed by atoms with E-state index in [1.165, 1.54) is 16.8 Å². The summed E-state index contributed by atoms with van der Waals surface area (Å²) >= 11 is 0. The monoisotopic (exact) mass is 636 g/mol. The Morgan fingerprint density at radius 2 is 1.59 bits per heavy atom. The zero-order valence-corrected chi connectivity index (χ0v) is 26.3. The summed E-state index contributed by atoms with van der Waals surface area (Å²) in [5.41, 5.74) is 8.39.